The van der Waals surface area contributed by atoms with Crippen LogP contribution in [0.2, 0.25) is 0 Å². The molecule has 0 atom stereocenters. The zero-order chi connectivity index (χ0) is 21.5. The molecule has 0 aliphatic rings. The van der Waals surface area contributed by atoms with Crippen LogP contribution in [-0.4, -0.2) is 44.1 Å². The lowest BCUT2D eigenvalue weighted by Crippen LogP contribution is -2.38. The summed E-state index contributed by atoms with van der Waals surface area (Å²) in [4.78, 5) is -0.178. The summed E-state index contributed by atoms with van der Waals surface area (Å²) in [5, 5.41) is 0. The van der Waals surface area contributed by atoms with Gasteiger partial charge >= 0.3 is 0 Å². The van der Waals surface area contributed by atoms with E-state index >= 15 is 0 Å². The maximum absolute atomic E-state index is 10.4. The highest BCUT2D eigenvalue weighted by atomic mass is 35.5. The van der Waals surface area contributed by atoms with Gasteiger partial charge in [0.25, 0.3) is 0 Å². The van der Waals surface area contributed by atoms with Crippen LogP contribution in [0.1, 0.15) is 76.7 Å². The van der Waals surface area contributed by atoms with Crippen molar-refractivity contribution < 1.29 is 17.5 Å². The minimum atomic E-state index is -4.27. The fourth-order valence-electron chi connectivity index (χ4n) is 2.79. The number of aryl methyl sites for hydroxylation is 1. The van der Waals surface area contributed by atoms with E-state index in [2.05, 4.69) is 21.0 Å². The average molecular weight is 434 g/mol. The first-order valence-electron chi connectivity index (χ1n) is 10.5. The Morgan fingerprint density at radius 1 is 0.857 bits per heavy atom. The number of alkyl halides is 1. The van der Waals surface area contributed by atoms with Crippen LogP contribution in [0.5, 0.6) is 0 Å². The molecule has 0 aromatic heterocycles. The van der Waals surface area contributed by atoms with Crippen molar-refractivity contribution in [3.63, 3.8) is 0 Å². The average Bonchev–Trinajstić information content (AvgIpc) is 2.63. The van der Waals surface area contributed by atoms with E-state index in [1.807, 2.05) is 6.92 Å². The number of unbranched alkanes of at least 4 members (excludes halogenated alkanes) is 9. The van der Waals surface area contributed by atoms with Gasteiger partial charge in [0, 0.05) is 0 Å². The largest absolute Gasteiger partial charge is 0.744 e. The Morgan fingerprint density at radius 2 is 1.29 bits per heavy atom. The highest BCUT2D eigenvalue weighted by Gasteiger charge is 2.11. The normalized spacial score (nSPS) is 11.8. The molecule has 0 aliphatic carbocycles. The molecule has 1 rings (SSSR count). The third kappa shape index (κ3) is 15.3. The zero-order valence-corrected chi connectivity index (χ0v) is 19.8. The number of hydrogen-bond acceptors (Lipinski definition) is 3. The summed E-state index contributed by atoms with van der Waals surface area (Å²) in [6, 6.07) is 6.52. The van der Waals surface area contributed by atoms with Crippen LogP contribution in [0.4, 0.5) is 0 Å². The molecule has 28 heavy (non-hydrogen) atoms. The number of halogens is 1. The molecule has 0 bridgehead atoms. The van der Waals surface area contributed by atoms with Gasteiger partial charge < -0.3 is 9.04 Å². The Balaban J connectivity index is 0.000000567. The summed E-state index contributed by atoms with van der Waals surface area (Å²) in [5.41, 5.74) is 0.928. The smallest absolute Gasteiger partial charge is 0.154 e. The van der Waals surface area contributed by atoms with E-state index in [0.717, 1.165) is 16.1 Å². The van der Waals surface area contributed by atoms with E-state index in [-0.39, 0.29) is 4.90 Å². The second-order valence-corrected chi connectivity index (χ2v) is 9.85. The van der Waals surface area contributed by atoms with Crippen molar-refractivity contribution in [3.05, 3.63) is 29.8 Å². The molecule has 0 unspecified atom stereocenters. The van der Waals surface area contributed by atoms with Gasteiger partial charge in [0.1, 0.15) is 10.1 Å². The lowest BCUT2D eigenvalue weighted by Gasteiger charge is -2.26. The maximum Gasteiger partial charge on any atom is 0.154 e. The summed E-state index contributed by atoms with van der Waals surface area (Å²) in [7, 11) is 0.149. The van der Waals surface area contributed by atoms with Gasteiger partial charge in [-0.3, -0.25) is 0 Å². The number of nitrogens with zero attached hydrogens (tertiary/aromatic N) is 1. The molecule has 0 amide bonds. The van der Waals surface area contributed by atoms with Crippen molar-refractivity contribution in [2.75, 3.05) is 26.6 Å². The fraction of sp³-hybridized carbons (Fsp3) is 0.727. The van der Waals surface area contributed by atoms with Crippen molar-refractivity contribution in [1.82, 2.24) is 0 Å². The van der Waals surface area contributed by atoms with Gasteiger partial charge in [0.15, 0.2) is 6.00 Å². The molecule has 6 heteroatoms. The number of hydrogen-bond donors (Lipinski definition) is 0. The summed E-state index contributed by atoms with van der Waals surface area (Å²) in [6.07, 6.45) is 14.1. The van der Waals surface area contributed by atoms with Gasteiger partial charge in [0.05, 0.1) is 25.5 Å². The third-order valence-corrected chi connectivity index (χ3v) is 6.25. The first kappa shape index (κ1) is 27.4. The maximum atomic E-state index is 10.4. The van der Waals surface area contributed by atoms with E-state index in [1.54, 1.807) is 12.1 Å². The van der Waals surface area contributed by atoms with Gasteiger partial charge in [-0.05, 0) is 31.9 Å². The van der Waals surface area contributed by atoms with Crippen LogP contribution in [0.3, 0.4) is 0 Å². The minimum absolute atomic E-state index is 0.178. The Kier molecular flexibility index (Phi) is 14.9. The van der Waals surface area contributed by atoms with E-state index in [9.17, 15) is 13.0 Å². The SMILES string of the molecule is CCCCCCCCCCCC[N+](C)(C)CCl.Cc1ccc(S(=O)(=O)[O-])cc1. The zero-order valence-electron chi connectivity index (χ0n) is 18.3. The Morgan fingerprint density at radius 3 is 1.68 bits per heavy atom. The van der Waals surface area contributed by atoms with E-state index in [1.165, 1.54) is 82.9 Å². The van der Waals surface area contributed by atoms with Gasteiger partial charge in [-0.1, -0.05) is 87.6 Å². The van der Waals surface area contributed by atoms with Gasteiger partial charge in [-0.25, -0.2) is 8.42 Å². The molecule has 4 nitrogen and oxygen atoms in total. The second kappa shape index (κ2) is 15.3. The van der Waals surface area contributed by atoms with Crippen molar-refractivity contribution in [3.8, 4) is 0 Å². The van der Waals surface area contributed by atoms with Gasteiger partial charge in [-0.2, -0.15) is 0 Å². The predicted octanol–water partition coefficient (Wildman–Crippen LogP) is 6.08. The molecule has 1 aromatic rings. The number of benzene rings is 1. The molecule has 0 saturated heterocycles. The fourth-order valence-corrected chi connectivity index (χ4v) is 3.38. The van der Waals surface area contributed by atoms with Crippen LogP contribution < -0.4 is 0 Å². The van der Waals surface area contributed by atoms with Crippen molar-refractivity contribution in [2.45, 2.75) is 83.0 Å². The number of rotatable bonds is 13. The van der Waals surface area contributed by atoms with Crippen molar-refractivity contribution in [2.24, 2.45) is 0 Å². The van der Waals surface area contributed by atoms with Crippen molar-refractivity contribution in [1.29, 1.82) is 0 Å². The molecule has 0 fully saturated rings. The van der Waals surface area contributed by atoms with Crippen LogP contribution in [0.25, 0.3) is 0 Å². The molecule has 0 heterocycles. The highest BCUT2D eigenvalue weighted by Crippen LogP contribution is 2.12. The molecule has 0 radical (unpaired) electrons. The van der Waals surface area contributed by atoms with Crippen LogP contribution >= 0.6 is 11.6 Å². The number of quaternary nitrogens is 1. The van der Waals surface area contributed by atoms with E-state index in [0.29, 0.717) is 0 Å². The monoisotopic (exact) mass is 433 g/mol. The predicted molar refractivity (Wildman–Crippen MR) is 119 cm³/mol. The molecule has 0 N–H and O–H groups in total. The molecular formula is C22H40ClNO3S. The lowest BCUT2D eigenvalue weighted by atomic mass is 10.1. The molecule has 0 saturated carbocycles. The third-order valence-electron chi connectivity index (χ3n) is 4.75. The Hall–Kier alpha value is -0.620. The molecule has 164 valence electrons. The van der Waals surface area contributed by atoms with Gasteiger partial charge in [0.2, 0.25) is 0 Å². The molecule has 0 spiro atoms. The Bertz CT molecular complexity index is 601. The first-order chi connectivity index (χ1) is 13.1. The van der Waals surface area contributed by atoms with Crippen LogP contribution in [0.15, 0.2) is 29.2 Å². The van der Waals surface area contributed by atoms with E-state index in [4.69, 9.17) is 11.6 Å². The van der Waals surface area contributed by atoms with E-state index < -0.39 is 10.1 Å². The standard InChI is InChI=1S/C15H33ClN.C7H8O3S/c1-4-5-6-7-8-9-10-11-12-13-14-17(2,3)15-16;1-6-2-4-7(5-3-6)11(8,9)10/h4-15H2,1-3H3;2-5H,1H3,(H,8,9,10)/q+1;/p-1. The summed E-state index contributed by atoms with van der Waals surface area (Å²) in [5.74, 6) is 0. The summed E-state index contributed by atoms with van der Waals surface area (Å²) in [6.45, 7) is 5.32. The lowest BCUT2D eigenvalue weighted by molar-refractivity contribution is -0.879. The van der Waals surface area contributed by atoms with Gasteiger partial charge in [-0.15, -0.1) is 0 Å². The van der Waals surface area contributed by atoms with Crippen molar-refractivity contribution >= 4 is 21.7 Å². The highest BCUT2D eigenvalue weighted by molar-refractivity contribution is 7.85. The van der Waals surface area contributed by atoms with Crippen LogP contribution in [0, 0.1) is 6.92 Å². The molecular weight excluding hydrogens is 394 g/mol. The summed E-state index contributed by atoms with van der Waals surface area (Å²) >= 11 is 5.89. The molecule has 0 aliphatic heterocycles. The van der Waals surface area contributed by atoms with Crippen LogP contribution in [-0.2, 0) is 10.1 Å². The first-order valence-corrected chi connectivity index (χ1v) is 12.5. The quantitative estimate of drug-likeness (QED) is 0.124. The Labute approximate surface area is 178 Å². The topological polar surface area (TPSA) is 57.2 Å². The minimum Gasteiger partial charge on any atom is -0.744 e. The molecule has 1 aromatic carbocycles. The second-order valence-electron chi connectivity index (χ2n) is 8.23. The summed E-state index contributed by atoms with van der Waals surface area (Å²) < 4.78 is 32.1.